The summed E-state index contributed by atoms with van der Waals surface area (Å²) in [6, 6.07) is 1.48. The first-order chi connectivity index (χ1) is 7.37. The third-order valence-corrected chi connectivity index (χ3v) is 3.04. The normalized spacial score (nSPS) is 24.6. The SMILES string of the molecule is FC(F)(F)C[C@H]1C[C@@H]1c1cc(Cl)nnc1Cl. The first-order valence-electron chi connectivity index (χ1n) is 4.62. The molecule has 1 fully saturated rings. The maximum Gasteiger partial charge on any atom is 0.389 e. The van der Waals surface area contributed by atoms with Crippen molar-refractivity contribution in [3.05, 3.63) is 21.9 Å². The first-order valence-corrected chi connectivity index (χ1v) is 5.38. The number of alkyl halides is 3. The molecule has 1 aliphatic rings. The first kappa shape index (κ1) is 11.9. The lowest BCUT2D eigenvalue weighted by Gasteiger charge is -2.05. The fourth-order valence-electron chi connectivity index (χ4n) is 1.78. The highest BCUT2D eigenvalue weighted by Crippen LogP contribution is 2.53. The summed E-state index contributed by atoms with van der Waals surface area (Å²) in [6.45, 7) is 0. The molecule has 0 bridgehead atoms. The quantitative estimate of drug-likeness (QED) is 0.816. The molecule has 0 radical (unpaired) electrons. The lowest BCUT2D eigenvalue weighted by molar-refractivity contribution is -0.138. The Morgan fingerprint density at radius 1 is 1.31 bits per heavy atom. The van der Waals surface area contributed by atoms with Gasteiger partial charge in [-0.15, -0.1) is 10.2 Å². The summed E-state index contributed by atoms with van der Waals surface area (Å²) in [5, 5.41) is 7.37. The van der Waals surface area contributed by atoms with Crippen LogP contribution in [0.15, 0.2) is 6.07 Å². The third kappa shape index (κ3) is 2.77. The van der Waals surface area contributed by atoms with Crippen LogP contribution >= 0.6 is 23.2 Å². The summed E-state index contributed by atoms with van der Waals surface area (Å²) in [7, 11) is 0. The Morgan fingerprint density at radius 3 is 2.62 bits per heavy atom. The van der Waals surface area contributed by atoms with Crippen LogP contribution in [0.1, 0.15) is 24.3 Å². The Labute approximate surface area is 99.8 Å². The van der Waals surface area contributed by atoms with Crippen molar-refractivity contribution in [1.29, 1.82) is 0 Å². The zero-order valence-corrected chi connectivity index (χ0v) is 9.44. The van der Waals surface area contributed by atoms with E-state index in [1.807, 2.05) is 0 Å². The van der Waals surface area contributed by atoms with Gasteiger partial charge in [-0.25, -0.2) is 0 Å². The molecule has 2 atom stereocenters. The van der Waals surface area contributed by atoms with Crippen molar-refractivity contribution in [1.82, 2.24) is 10.2 Å². The van der Waals surface area contributed by atoms with Crippen molar-refractivity contribution in [2.45, 2.75) is 24.9 Å². The van der Waals surface area contributed by atoms with Crippen LogP contribution in [0.5, 0.6) is 0 Å². The van der Waals surface area contributed by atoms with Gasteiger partial charge in [-0.3, -0.25) is 0 Å². The second kappa shape index (κ2) is 4.04. The van der Waals surface area contributed by atoms with Gasteiger partial charge < -0.3 is 0 Å². The molecule has 0 spiro atoms. The third-order valence-electron chi connectivity index (χ3n) is 2.56. The lowest BCUT2D eigenvalue weighted by atomic mass is 10.1. The molecule has 0 unspecified atom stereocenters. The van der Waals surface area contributed by atoms with E-state index < -0.39 is 18.5 Å². The highest BCUT2D eigenvalue weighted by molar-refractivity contribution is 6.31. The standard InChI is InChI=1S/C9H7Cl2F3N2/c10-7-2-6(8(11)16-15-7)5-1-4(5)3-9(12,13)14/h2,4-5H,1,3H2/t4-,5+/m1/s1. The molecule has 1 aromatic heterocycles. The summed E-state index contributed by atoms with van der Waals surface area (Å²) in [4.78, 5) is 0. The zero-order chi connectivity index (χ0) is 11.9. The van der Waals surface area contributed by atoms with Crippen molar-refractivity contribution in [3.63, 3.8) is 0 Å². The molecule has 1 aliphatic carbocycles. The number of hydrogen-bond donors (Lipinski definition) is 0. The zero-order valence-electron chi connectivity index (χ0n) is 7.93. The molecule has 0 aliphatic heterocycles. The van der Waals surface area contributed by atoms with Crippen molar-refractivity contribution in [2.24, 2.45) is 5.92 Å². The lowest BCUT2D eigenvalue weighted by Crippen LogP contribution is -2.08. The van der Waals surface area contributed by atoms with Crippen LogP contribution in [0, 0.1) is 5.92 Å². The molecule has 1 aromatic rings. The van der Waals surface area contributed by atoms with E-state index in [1.54, 1.807) is 0 Å². The summed E-state index contributed by atoms with van der Waals surface area (Å²) in [5.74, 6) is -0.597. The largest absolute Gasteiger partial charge is 0.389 e. The van der Waals surface area contributed by atoms with Gasteiger partial charge in [0.2, 0.25) is 0 Å². The van der Waals surface area contributed by atoms with Gasteiger partial charge in [0.05, 0.1) is 0 Å². The number of rotatable bonds is 2. The van der Waals surface area contributed by atoms with E-state index in [2.05, 4.69) is 10.2 Å². The molecule has 0 amide bonds. The van der Waals surface area contributed by atoms with Gasteiger partial charge in [0.15, 0.2) is 10.3 Å². The Balaban J connectivity index is 2.08. The minimum absolute atomic E-state index is 0.138. The second-order valence-corrected chi connectivity index (χ2v) is 4.58. The maximum atomic E-state index is 12.1. The van der Waals surface area contributed by atoms with Crippen LogP contribution in [0.25, 0.3) is 0 Å². The van der Waals surface area contributed by atoms with Crippen LogP contribution in [0.3, 0.4) is 0 Å². The van der Waals surface area contributed by atoms with E-state index in [1.165, 1.54) is 6.07 Å². The van der Waals surface area contributed by atoms with Crippen LogP contribution in [-0.2, 0) is 0 Å². The van der Waals surface area contributed by atoms with Gasteiger partial charge in [-0.1, -0.05) is 23.2 Å². The molecule has 2 nitrogen and oxygen atoms in total. The minimum atomic E-state index is -4.13. The molecule has 1 heterocycles. The molecule has 0 aromatic carbocycles. The average Bonchev–Trinajstić information content (AvgIpc) is 2.85. The van der Waals surface area contributed by atoms with Gasteiger partial charge in [0, 0.05) is 6.42 Å². The second-order valence-electron chi connectivity index (χ2n) is 3.83. The van der Waals surface area contributed by atoms with Crippen molar-refractivity contribution in [3.8, 4) is 0 Å². The van der Waals surface area contributed by atoms with E-state index >= 15 is 0 Å². The average molecular weight is 271 g/mol. The molecular formula is C9H7Cl2F3N2. The molecule has 88 valence electrons. The van der Waals surface area contributed by atoms with E-state index in [9.17, 15) is 13.2 Å². The van der Waals surface area contributed by atoms with Crippen LogP contribution in [-0.4, -0.2) is 16.4 Å². The van der Waals surface area contributed by atoms with Gasteiger partial charge >= 0.3 is 6.18 Å². The number of nitrogens with zero attached hydrogens (tertiary/aromatic N) is 2. The van der Waals surface area contributed by atoms with Gasteiger partial charge in [0.1, 0.15) is 0 Å². The van der Waals surface area contributed by atoms with Gasteiger partial charge in [-0.2, -0.15) is 13.2 Å². The van der Waals surface area contributed by atoms with Crippen molar-refractivity contribution >= 4 is 23.2 Å². The number of hydrogen-bond acceptors (Lipinski definition) is 2. The molecule has 1 saturated carbocycles. The van der Waals surface area contributed by atoms with Gasteiger partial charge in [-0.05, 0) is 29.9 Å². The summed E-state index contributed by atoms with van der Waals surface area (Å²) in [6.07, 6.45) is -4.44. The van der Waals surface area contributed by atoms with E-state index in [0.717, 1.165) is 0 Å². The molecule has 7 heteroatoms. The van der Waals surface area contributed by atoms with E-state index in [-0.39, 0.29) is 16.2 Å². The molecule has 0 N–H and O–H groups in total. The smallest absolute Gasteiger partial charge is 0.171 e. The monoisotopic (exact) mass is 270 g/mol. The summed E-state index contributed by atoms with van der Waals surface area (Å²) < 4.78 is 36.4. The van der Waals surface area contributed by atoms with E-state index in [0.29, 0.717) is 12.0 Å². The Kier molecular flexibility index (Phi) is 3.01. The molecule has 0 saturated heterocycles. The number of halogens is 5. The highest BCUT2D eigenvalue weighted by atomic mass is 35.5. The fourth-order valence-corrected chi connectivity index (χ4v) is 2.17. The van der Waals surface area contributed by atoms with Gasteiger partial charge in [0.25, 0.3) is 0 Å². The Bertz CT molecular complexity index is 408. The van der Waals surface area contributed by atoms with Crippen LogP contribution in [0.2, 0.25) is 10.3 Å². The number of aromatic nitrogens is 2. The summed E-state index contributed by atoms with van der Waals surface area (Å²) >= 11 is 11.4. The molecule has 16 heavy (non-hydrogen) atoms. The van der Waals surface area contributed by atoms with E-state index in [4.69, 9.17) is 23.2 Å². The van der Waals surface area contributed by atoms with Crippen molar-refractivity contribution in [2.75, 3.05) is 0 Å². The molecular weight excluding hydrogens is 264 g/mol. The van der Waals surface area contributed by atoms with Crippen molar-refractivity contribution < 1.29 is 13.2 Å². The minimum Gasteiger partial charge on any atom is -0.171 e. The topological polar surface area (TPSA) is 25.8 Å². The highest BCUT2D eigenvalue weighted by Gasteiger charge is 2.46. The predicted octanol–water partition coefficient (Wildman–Crippen LogP) is 3.84. The Morgan fingerprint density at radius 2 is 2.00 bits per heavy atom. The Hall–Kier alpha value is -0.550. The fraction of sp³-hybridized carbons (Fsp3) is 0.556. The van der Waals surface area contributed by atoms with Crippen LogP contribution < -0.4 is 0 Å². The summed E-state index contributed by atoms with van der Waals surface area (Å²) in [5.41, 5.74) is 0.566. The van der Waals surface area contributed by atoms with Crippen LogP contribution in [0.4, 0.5) is 13.2 Å². The predicted molar refractivity (Wildman–Crippen MR) is 53.6 cm³/mol. The maximum absolute atomic E-state index is 12.1. The molecule has 2 rings (SSSR count).